The number of nitrogens with two attached hydrogens (primary N) is 1. The smallest absolute Gasteiger partial charge is 0.127 e. The Morgan fingerprint density at radius 3 is 2.94 bits per heavy atom. The summed E-state index contributed by atoms with van der Waals surface area (Å²) in [6.07, 6.45) is 3.60. The second-order valence-electron chi connectivity index (χ2n) is 5.12. The monoisotopic (exact) mass is 307 g/mol. The number of hydrogen-bond donors (Lipinski definition) is 1. The van der Waals surface area contributed by atoms with Gasteiger partial charge in [0.15, 0.2) is 0 Å². The standard InChI is InChI=1S/C14H18BrN3/c1-2-7-18-12-6-5-10(15)8-11(12)17-14(18)13(16)9-3-4-9/h5-6,8-9,13H,2-4,7,16H2,1H3. The summed E-state index contributed by atoms with van der Waals surface area (Å²) in [5.41, 5.74) is 8.58. The fourth-order valence-corrected chi connectivity index (χ4v) is 2.85. The molecule has 1 aliphatic rings. The minimum absolute atomic E-state index is 0.0997. The fraction of sp³-hybridized carbons (Fsp3) is 0.500. The molecule has 1 aliphatic carbocycles. The van der Waals surface area contributed by atoms with Gasteiger partial charge < -0.3 is 10.3 Å². The van der Waals surface area contributed by atoms with Gasteiger partial charge in [-0.1, -0.05) is 22.9 Å². The van der Waals surface area contributed by atoms with Crippen LogP contribution < -0.4 is 5.73 Å². The molecule has 3 nitrogen and oxygen atoms in total. The van der Waals surface area contributed by atoms with Crippen molar-refractivity contribution in [2.75, 3.05) is 0 Å². The predicted molar refractivity (Wildman–Crippen MR) is 77.4 cm³/mol. The van der Waals surface area contributed by atoms with Gasteiger partial charge in [-0.25, -0.2) is 4.98 Å². The summed E-state index contributed by atoms with van der Waals surface area (Å²) >= 11 is 3.50. The van der Waals surface area contributed by atoms with Gasteiger partial charge in [-0.05, 0) is 43.4 Å². The quantitative estimate of drug-likeness (QED) is 0.937. The van der Waals surface area contributed by atoms with Gasteiger partial charge in [0, 0.05) is 11.0 Å². The first kappa shape index (κ1) is 12.2. The third-order valence-corrected chi connectivity index (χ3v) is 4.11. The van der Waals surface area contributed by atoms with Crippen LogP contribution in [-0.4, -0.2) is 9.55 Å². The zero-order valence-corrected chi connectivity index (χ0v) is 12.2. The second kappa shape index (κ2) is 4.67. The molecule has 2 aromatic rings. The molecule has 1 unspecified atom stereocenters. The van der Waals surface area contributed by atoms with Crippen LogP contribution in [0.25, 0.3) is 11.0 Å². The average molecular weight is 308 g/mol. The molecule has 0 spiro atoms. The van der Waals surface area contributed by atoms with E-state index in [1.54, 1.807) is 0 Å². The Bertz CT molecular complexity index is 572. The first-order chi connectivity index (χ1) is 8.70. The number of hydrogen-bond acceptors (Lipinski definition) is 2. The van der Waals surface area contributed by atoms with Crippen LogP contribution in [-0.2, 0) is 6.54 Å². The average Bonchev–Trinajstić information content (AvgIpc) is 3.13. The van der Waals surface area contributed by atoms with Crippen molar-refractivity contribution < 1.29 is 0 Å². The largest absolute Gasteiger partial charge is 0.327 e. The summed E-state index contributed by atoms with van der Waals surface area (Å²) in [6.45, 7) is 3.19. The zero-order chi connectivity index (χ0) is 12.7. The molecule has 0 aliphatic heterocycles. The number of nitrogens with zero attached hydrogens (tertiary/aromatic N) is 2. The molecule has 4 heteroatoms. The van der Waals surface area contributed by atoms with E-state index in [2.05, 4.69) is 45.6 Å². The highest BCUT2D eigenvalue weighted by molar-refractivity contribution is 9.10. The van der Waals surface area contributed by atoms with E-state index in [-0.39, 0.29) is 6.04 Å². The lowest BCUT2D eigenvalue weighted by atomic mass is 10.2. The molecule has 18 heavy (non-hydrogen) atoms. The number of imidazole rings is 1. The SMILES string of the molecule is CCCn1c(C(N)C2CC2)nc2cc(Br)ccc21. The molecular weight excluding hydrogens is 290 g/mol. The van der Waals surface area contributed by atoms with Gasteiger partial charge in [0.25, 0.3) is 0 Å². The molecule has 1 aromatic heterocycles. The van der Waals surface area contributed by atoms with Crippen LogP contribution in [0.15, 0.2) is 22.7 Å². The van der Waals surface area contributed by atoms with Gasteiger partial charge in [0.2, 0.25) is 0 Å². The Labute approximate surface area is 116 Å². The summed E-state index contributed by atoms with van der Waals surface area (Å²) in [4.78, 5) is 4.76. The van der Waals surface area contributed by atoms with Crippen molar-refractivity contribution in [3.05, 3.63) is 28.5 Å². The minimum atomic E-state index is 0.0997. The Balaban J connectivity index is 2.12. The number of fused-ring (bicyclic) bond motifs is 1. The fourth-order valence-electron chi connectivity index (χ4n) is 2.50. The van der Waals surface area contributed by atoms with Gasteiger partial charge in [-0.2, -0.15) is 0 Å². The molecule has 1 heterocycles. The summed E-state index contributed by atoms with van der Waals surface area (Å²) < 4.78 is 3.37. The number of rotatable bonds is 4. The van der Waals surface area contributed by atoms with Crippen LogP contribution in [0.1, 0.15) is 38.1 Å². The van der Waals surface area contributed by atoms with Gasteiger partial charge >= 0.3 is 0 Å². The molecule has 1 saturated carbocycles. The van der Waals surface area contributed by atoms with Crippen LogP contribution in [0.3, 0.4) is 0 Å². The maximum atomic E-state index is 6.34. The minimum Gasteiger partial charge on any atom is -0.327 e. The van der Waals surface area contributed by atoms with Crippen molar-refractivity contribution in [1.29, 1.82) is 0 Å². The van der Waals surface area contributed by atoms with Crippen LogP contribution in [0.2, 0.25) is 0 Å². The Morgan fingerprint density at radius 1 is 1.50 bits per heavy atom. The molecule has 1 atom stereocenters. The van der Waals surface area contributed by atoms with E-state index in [9.17, 15) is 0 Å². The van der Waals surface area contributed by atoms with E-state index in [0.29, 0.717) is 5.92 Å². The summed E-state index contributed by atoms with van der Waals surface area (Å²) in [5.74, 6) is 1.70. The van der Waals surface area contributed by atoms with E-state index in [4.69, 9.17) is 10.7 Å². The van der Waals surface area contributed by atoms with E-state index < -0.39 is 0 Å². The molecule has 2 N–H and O–H groups in total. The first-order valence-electron chi connectivity index (χ1n) is 6.62. The number of aromatic nitrogens is 2. The Hall–Kier alpha value is -0.870. The van der Waals surface area contributed by atoms with Crippen molar-refractivity contribution >= 4 is 27.0 Å². The lowest BCUT2D eigenvalue weighted by molar-refractivity contribution is 0.543. The van der Waals surface area contributed by atoms with Crippen LogP contribution in [0, 0.1) is 5.92 Å². The van der Waals surface area contributed by atoms with Crippen molar-refractivity contribution in [2.45, 2.75) is 38.8 Å². The highest BCUT2D eigenvalue weighted by Gasteiger charge is 2.32. The van der Waals surface area contributed by atoms with Crippen LogP contribution in [0.4, 0.5) is 0 Å². The molecule has 0 radical (unpaired) electrons. The summed E-state index contributed by atoms with van der Waals surface area (Å²) in [7, 11) is 0. The van der Waals surface area contributed by atoms with Gasteiger partial charge in [0.1, 0.15) is 5.82 Å². The van der Waals surface area contributed by atoms with Crippen molar-refractivity contribution in [3.63, 3.8) is 0 Å². The van der Waals surface area contributed by atoms with E-state index in [1.165, 1.54) is 18.4 Å². The van der Waals surface area contributed by atoms with Crippen molar-refractivity contribution in [3.8, 4) is 0 Å². The van der Waals surface area contributed by atoms with Crippen LogP contribution >= 0.6 is 15.9 Å². The number of halogens is 1. The van der Waals surface area contributed by atoms with E-state index in [0.717, 1.165) is 28.8 Å². The maximum absolute atomic E-state index is 6.34. The zero-order valence-electron chi connectivity index (χ0n) is 10.6. The summed E-state index contributed by atoms with van der Waals surface area (Å²) in [5, 5.41) is 0. The second-order valence-corrected chi connectivity index (χ2v) is 6.03. The number of benzene rings is 1. The molecule has 3 rings (SSSR count). The maximum Gasteiger partial charge on any atom is 0.127 e. The van der Waals surface area contributed by atoms with Crippen LogP contribution in [0.5, 0.6) is 0 Å². The van der Waals surface area contributed by atoms with Gasteiger partial charge in [-0.15, -0.1) is 0 Å². The normalized spacial score (nSPS) is 17.3. The Morgan fingerprint density at radius 2 is 2.28 bits per heavy atom. The van der Waals surface area contributed by atoms with Crippen molar-refractivity contribution in [2.24, 2.45) is 11.7 Å². The summed E-state index contributed by atoms with van der Waals surface area (Å²) in [6, 6.07) is 6.38. The molecule has 96 valence electrons. The Kier molecular flexibility index (Phi) is 3.16. The van der Waals surface area contributed by atoms with Gasteiger partial charge in [0.05, 0.1) is 17.1 Å². The molecule has 1 fully saturated rings. The highest BCUT2D eigenvalue weighted by atomic mass is 79.9. The first-order valence-corrected chi connectivity index (χ1v) is 7.41. The lowest BCUT2D eigenvalue weighted by Crippen LogP contribution is -2.18. The predicted octanol–water partition coefficient (Wildman–Crippen LogP) is 3.62. The number of aryl methyl sites for hydroxylation is 1. The lowest BCUT2D eigenvalue weighted by Gasteiger charge is -2.13. The highest BCUT2D eigenvalue weighted by Crippen LogP contribution is 2.40. The topological polar surface area (TPSA) is 43.8 Å². The van der Waals surface area contributed by atoms with E-state index >= 15 is 0 Å². The molecule has 0 amide bonds. The third kappa shape index (κ3) is 2.08. The molecule has 1 aromatic carbocycles. The third-order valence-electron chi connectivity index (χ3n) is 3.62. The van der Waals surface area contributed by atoms with Crippen molar-refractivity contribution in [1.82, 2.24) is 9.55 Å². The molecule has 0 bridgehead atoms. The molecular formula is C14H18BrN3. The molecule has 0 saturated heterocycles. The van der Waals surface area contributed by atoms with Gasteiger partial charge in [-0.3, -0.25) is 0 Å². The van der Waals surface area contributed by atoms with E-state index in [1.807, 2.05) is 0 Å².